The SMILES string of the molecule is CCCOC1(C(=O)O)CCC(C)CC1. The van der Waals surface area contributed by atoms with Crippen molar-refractivity contribution in [3.05, 3.63) is 0 Å². The molecule has 0 unspecified atom stereocenters. The van der Waals surface area contributed by atoms with Gasteiger partial charge >= 0.3 is 5.97 Å². The molecule has 0 heterocycles. The predicted molar refractivity (Wildman–Crippen MR) is 54.2 cm³/mol. The van der Waals surface area contributed by atoms with Crippen LogP contribution in [0, 0.1) is 5.92 Å². The van der Waals surface area contributed by atoms with Crippen LogP contribution in [0.5, 0.6) is 0 Å². The van der Waals surface area contributed by atoms with Gasteiger partial charge in [-0.25, -0.2) is 4.79 Å². The molecule has 1 aliphatic rings. The highest BCUT2D eigenvalue weighted by molar-refractivity contribution is 5.77. The minimum Gasteiger partial charge on any atom is -0.479 e. The molecule has 3 heteroatoms. The van der Waals surface area contributed by atoms with Crippen molar-refractivity contribution in [1.82, 2.24) is 0 Å². The van der Waals surface area contributed by atoms with E-state index in [1.54, 1.807) is 0 Å². The first-order valence-electron chi connectivity index (χ1n) is 5.48. The molecule has 3 nitrogen and oxygen atoms in total. The van der Waals surface area contributed by atoms with Crippen LogP contribution in [-0.2, 0) is 9.53 Å². The quantitative estimate of drug-likeness (QED) is 0.758. The molecular formula is C11H20O3. The minimum atomic E-state index is -0.872. The Labute approximate surface area is 85.5 Å². The standard InChI is InChI=1S/C11H20O3/c1-3-8-14-11(10(12)13)6-4-9(2)5-7-11/h9H,3-8H2,1-2H3,(H,12,13). The molecule has 0 spiro atoms. The van der Waals surface area contributed by atoms with E-state index in [0.717, 1.165) is 19.3 Å². The number of hydrogen-bond acceptors (Lipinski definition) is 2. The molecule has 0 aromatic rings. The number of rotatable bonds is 4. The number of aliphatic carboxylic acids is 1. The van der Waals surface area contributed by atoms with E-state index in [2.05, 4.69) is 6.92 Å². The van der Waals surface area contributed by atoms with Crippen LogP contribution in [0.4, 0.5) is 0 Å². The van der Waals surface area contributed by atoms with Gasteiger partial charge in [-0.05, 0) is 38.0 Å². The van der Waals surface area contributed by atoms with Gasteiger partial charge in [-0.3, -0.25) is 0 Å². The Kier molecular flexibility index (Phi) is 3.93. The van der Waals surface area contributed by atoms with E-state index < -0.39 is 11.6 Å². The van der Waals surface area contributed by atoms with Crippen LogP contribution in [0.1, 0.15) is 46.0 Å². The van der Waals surface area contributed by atoms with Crippen LogP contribution in [-0.4, -0.2) is 23.3 Å². The number of carboxylic acid groups (broad SMARTS) is 1. The molecule has 0 amide bonds. The molecule has 0 atom stereocenters. The molecule has 82 valence electrons. The van der Waals surface area contributed by atoms with E-state index in [1.165, 1.54) is 0 Å². The van der Waals surface area contributed by atoms with Gasteiger partial charge in [-0.2, -0.15) is 0 Å². The van der Waals surface area contributed by atoms with E-state index >= 15 is 0 Å². The van der Waals surface area contributed by atoms with Crippen molar-refractivity contribution in [1.29, 1.82) is 0 Å². The normalized spacial score (nSPS) is 32.9. The van der Waals surface area contributed by atoms with Crippen LogP contribution in [0.2, 0.25) is 0 Å². The smallest absolute Gasteiger partial charge is 0.335 e. The highest BCUT2D eigenvalue weighted by atomic mass is 16.5. The third-order valence-electron chi connectivity index (χ3n) is 3.05. The molecule has 1 aliphatic carbocycles. The summed E-state index contributed by atoms with van der Waals surface area (Å²) in [7, 11) is 0. The average molecular weight is 200 g/mol. The zero-order valence-corrected chi connectivity index (χ0v) is 9.08. The molecule has 0 aromatic heterocycles. The van der Waals surface area contributed by atoms with Gasteiger partial charge in [-0.15, -0.1) is 0 Å². The predicted octanol–water partition coefficient (Wildman–Crippen LogP) is 2.45. The lowest BCUT2D eigenvalue weighted by molar-refractivity contribution is -0.172. The van der Waals surface area contributed by atoms with Crippen molar-refractivity contribution in [2.45, 2.75) is 51.6 Å². The maximum Gasteiger partial charge on any atom is 0.335 e. The van der Waals surface area contributed by atoms with Gasteiger partial charge in [0, 0.05) is 6.61 Å². The molecule has 14 heavy (non-hydrogen) atoms. The van der Waals surface area contributed by atoms with Crippen LogP contribution in [0.3, 0.4) is 0 Å². The second kappa shape index (κ2) is 4.78. The van der Waals surface area contributed by atoms with Crippen LogP contribution >= 0.6 is 0 Å². The second-order valence-corrected chi connectivity index (χ2v) is 4.33. The number of ether oxygens (including phenoxy) is 1. The lowest BCUT2D eigenvalue weighted by Crippen LogP contribution is -2.44. The van der Waals surface area contributed by atoms with Gasteiger partial charge in [0.2, 0.25) is 0 Å². The highest BCUT2D eigenvalue weighted by Gasteiger charge is 2.41. The second-order valence-electron chi connectivity index (χ2n) is 4.33. The lowest BCUT2D eigenvalue weighted by Gasteiger charge is -2.35. The van der Waals surface area contributed by atoms with Gasteiger partial charge in [0.15, 0.2) is 5.60 Å². The van der Waals surface area contributed by atoms with Crippen molar-refractivity contribution in [2.75, 3.05) is 6.61 Å². The number of carboxylic acids is 1. The summed E-state index contributed by atoms with van der Waals surface area (Å²) in [6.45, 7) is 4.73. The highest BCUT2D eigenvalue weighted by Crippen LogP contribution is 2.35. The molecule has 1 rings (SSSR count). The van der Waals surface area contributed by atoms with Crippen LogP contribution < -0.4 is 0 Å². The Bertz CT molecular complexity index is 187. The Hall–Kier alpha value is -0.570. The van der Waals surface area contributed by atoms with Crippen molar-refractivity contribution < 1.29 is 14.6 Å². The fraction of sp³-hybridized carbons (Fsp3) is 0.909. The van der Waals surface area contributed by atoms with Gasteiger partial charge in [0.25, 0.3) is 0 Å². The van der Waals surface area contributed by atoms with E-state index in [-0.39, 0.29) is 0 Å². The molecule has 0 aromatic carbocycles. The van der Waals surface area contributed by atoms with Gasteiger partial charge in [-0.1, -0.05) is 13.8 Å². The monoisotopic (exact) mass is 200 g/mol. The average Bonchev–Trinajstić information content (AvgIpc) is 2.17. The Balaban J connectivity index is 2.58. The first kappa shape index (κ1) is 11.5. The Morgan fingerprint density at radius 3 is 2.50 bits per heavy atom. The van der Waals surface area contributed by atoms with E-state index in [4.69, 9.17) is 4.74 Å². The minimum absolute atomic E-state index is 0.556. The van der Waals surface area contributed by atoms with E-state index in [1.807, 2.05) is 6.92 Å². The van der Waals surface area contributed by atoms with Crippen molar-refractivity contribution in [3.8, 4) is 0 Å². The molecule has 0 aliphatic heterocycles. The molecule has 0 bridgehead atoms. The fourth-order valence-corrected chi connectivity index (χ4v) is 1.95. The lowest BCUT2D eigenvalue weighted by atomic mass is 9.79. The maximum absolute atomic E-state index is 11.2. The summed E-state index contributed by atoms with van der Waals surface area (Å²) in [5.74, 6) is -0.134. The third-order valence-corrected chi connectivity index (χ3v) is 3.05. The Morgan fingerprint density at radius 2 is 2.07 bits per heavy atom. The molecule has 1 N–H and O–H groups in total. The fourth-order valence-electron chi connectivity index (χ4n) is 1.95. The summed E-state index contributed by atoms with van der Waals surface area (Å²) in [4.78, 5) is 11.2. The summed E-state index contributed by atoms with van der Waals surface area (Å²) in [6.07, 6.45) is 4.16. The molecule has 0 radical (unpaired) electrons. The number of carbonyl (C=O) groups is 1. The molecule has 0 saturated heterocycles. The van der Waals surface area contributed by atoms with Crippen LogP contribution in [0.15, 0.2) is 0 Å². The zero-order chi connectivity index (χ0) is 10.6. The van der Waals surface area contributed by atoms with Crippen LogP contribution in [0.25, 0.3) is 0 Å². The first-order valence-corrected chi connectivity index (χ1v) is 5.48. The van der Waals surface area contributed by atoms with Crippen molar-refractivity contribution in [3.63, 3.8) is 0 Å². The molecule has 1 fully saturated rings. The summed E-state index contributed by atoms with van der Waals surface area (Å²) in [5, 5.41) is 9.18. The third kappa shape index (κ3) is 2.47. The van der Waals surface area contributed by atoms with E-state index in [9.17, 15) is 9.90 Å². The van der Waals surface area contributed by atoms with Gasteiger partial charge in [0.05, 0.1) is 0 Å². The van der Waals surface area contributed by atoms with Crippen molar-refractivity contribution >= 4 is 5.97 Å². The Morgan fingerprint density at radius 1 is 1.50 bits per heavy atom. The van der Waals surface area contributed by atoms with E-state index in [0.29, 0.717) is 25.4 Å². The summed E-state index contributed by atoms with van der Waals surface area (Å²) < 4.78 is 5.53. The molecular weight excluding hydrogens is 180 g/mol. The van der Waals surface area contributed by atoms with Crippen molar-refractivity contribution in [2.24, 2.45) is 5.92 Å². The topological polar surface area (TPSA) is 46.5 Å². The number of hydrogen-bond donors (Lipinski definition) is 1. The summed E-state index contributed by atoms with van der Waals surface area (Å²) in [5.41, 5.74) is -0.872. The largest absolute Gasteiger partial charge is 0.479 e. The molecule has 1 saturated carbocycles. The first-order chi connectivity index (χ1) is 6.60. The summed E-state index contributed by atoms with van der Waals surface area (Å²) >= 11 is 0. The van der Waals surface area contributed by atoms with Gasteiger partial charge < -0.3 is 9.84 Å². The zero-order valence-electron chi connectivity index (χ0n) is 9.08. The summed E-state index contributed by atoms with van der Waals surface area (Å²) in [6, 6.07) is 0. The van der Waals surface area contributed by atoms with Gasteiger partial charge in [0.1, 0.15) is 0 Å². The maximum atomic E-state index is 11.2.